The van der Waals surface area contributed by atoms with Crippen LogP contribution in [0, 0.1) is 0 Å². The maximum atomic E-state index is 13.0. The van der Waals surface area contributed by atoms with E-state index in [-0.39, 0.29) is 23.6 Å². The predicted molar refractivity (Wildman–Crippen MR) is 81.7 cm³/mol. The zero-order chi connectivity index (χ0) is 15.3. The van der Waals surface area contributed by atoms with Crippen LogP contribution in [0.4, 0.5) is 5.69 Å². The minimum Gasteiger partial charge on any atom is -0.487 e. The summed E-state index contributed by atoms with van der Waals surface area (Å²) in [5, 5.41) is 9.56. The Morgan fingerprint density at radius 1 is 1.27 bits per heavy atom. The summed E-state index contributed by atoms with van der Waals surface area (Å²) in [5.74, 6) is 0.452. The first-order valence-corrected chi connectivity index (χ1v) is 9.22. The Morgan fingerprint density at radius 2 is 2.14 bits per heavy atom. The second-order valence-electron chi connectivity index (χ2n) is 6.17. The average molecular weight is 324 g/mol. The van der Waals surface area contributed by atoms with Crippen LogP contribution in [0.15, 0.2) is 23.1 Å². The van der Waals surface area contributed by atoms with E-state index in [1.54, 1.807) is 6.07 Å². The highest BCUT2D eigenvalue weighted by atomic mass is 32.2. The molecule has 4 rings (SSSR count). The van der Waals surface area contributed by atoms with E-state index in [4.69, 9.17) is 4.74 Å². The lowest BCUT2D eigenvalue weighted by Gasteiger charge is -2.29. The maximum absolute atomic E-state index is 13.0. The van der Waals surface area contributed by atoms with Gasteiger partial charge in [-0.25, -0.2) is 8.42 Å². The van der Waals surface area contributed by atoms with Gasteiger partial charge in [0.15, 0.2) is 0 Å². The Bertz CT molecular complexity index is 691. The van der Waals surface area contributed by atoms with E-state index >= 15 is 0 Å². The largest absolute Gasteiger partial charge is 0.487 e. The molecule has 2 fully saturated rings. The van der Waals surface area contributed by atoms with Crippen molar-refractivity contribution in [1.29, 1.82) is 0 Å². The van der Waals surface area contributed by atoms with Crippen LogP contribution in [0.3, 0.4) is 0 Å². The van der Waals surface area contributed by atoms with Crippen LogP contribution in [0.2, 0.25) is 0 Å². The first-order valence-electron chi connectivity index (χ1n) is 7.78. The summed E-state index contributed by atoms with van der Waals surface area (Å²) >= 11 is 0. The topological polar surface area (TPSA) is 70.1 Å². The molecule has 6 nitrogen and oxygen atoms in total. The molecule has 7 heteroatoms. The molecule has 120 valence electrons. The van der Waals surface area contributed by atoms with Gasteiger partial charge in [0.05, 0.1) is 24.9 Å². The fourth-order valence-corrected chi connectivity index (χ4v) is 5.53. The molecule has 0 amide bonds. The van der Waals surface area contributed by atoms with Crippen molar-refractivity contribution in [1.82, 2.24) is 4.31 Å². The SMILES string of the molecule is O=S1(=O)c2c(cccc2N2CCC[C@@H]2CO)O[C@H]2CCN1C2. The van der Waals surface area contributed by atoms with Crippen molar-refractivity contribution in [2.45, 2.75) is 36.3 Å². The molecule has 2 saturated heterocycles. The predicted octanol–water partition coefficient (Wildman–Crippen LogP) is 0.803. The van der Waals surface area contributed by atoms with Gasteiger partial charge in [-0.1, -0.05) is 6.07 Å². The lowest BCUT2D eigenvalue weighted by atomic mass is 10.2. The number of aliphatic hydroxyl groups excluding tert-OH is 1. The molecule has 0 aromatic heterocycles. The van der Waals surface area contributed by atoms with Gasteiger partial charge in [-0.15, -0.1) is 0 Å². The van der Waals surface area contributed by atoms with Crippen molar-refractivity contribution in [2.24, 2.45) is 0 Å². The summed E-state index contributed by atoms with van der Waals surface area (Å²) in [6.07, 6.45) is 2.53. The highest BCUT2D eigenvalue weighted by Gasteiger charge is 2.42. The van der Waals surface area contributed by atoms with E-state index in [1.807, 2.05) is 17.0 Å². The number of aliphatic hydroxyl groups is 1. The summed E-state index contributed by atoms with van der Waals surface area (Å²) in [6, 6.07) is 5.39. The molecule has 1 unspecified atom stereocenters. The molecular formula is C15H20N2O4S. The van der Waals surface area contributed by atoms with Gasteiger partial charge in [0, 0.05) is 13.1 Å². The molecule has 0 radical (unpaired) electrons. The number of nitrogens with zero attached hydrogens (tertiary/aromatic N) is 2. The average Bonchev–Trinajstić information content (AvgIpc) is 3.13. The molecule has 2 bridgehead atoms. The zero-order valence-electron chi connectivity index (χ0n) is 12.3. The third-order valence-corrected chi connectivity index (χ3v) is 6.79. The van der Waals surface area contributed by atoms with E-state index in [9.17, 15) is 13.5 Å². The van der Waals surface area contributed by atoms with Crippen LogP contribution in [0.25, 0.3) is 0 Å². The van der Waals surface area contributed by atoms with E-state index in [1.165, 1.54) is 4.31 Å². The Morgan fingerprint density at radius 3 is 2.95 bits per heavy atom. The fourth-order valence-electron chi connectivity index (χ4n) is 3.75. The van der Waals surface area contributed by atoms with Gasteiger partial charge in [-0.05, 0) is 31.4 Å². The van der Waals surface area contributed by atoms with Crippen molar-refractivity contribution < 1.29 is 18.3 Å². The van der Waals surface area contributed by atoms with Crippen LogP contribution in [-0.2, 0) is 10.0 Å². The van der Waals surface area contributed by atoms with Gasteiger partial charge in [0.2, 0.25) is 10.0 Å². The first-order chi connectivity index (χ1) is 10.6. The summed E-state index contributed by atoms with van der Waals surface area (Å²) in [7, 11) is -3.54. The van der Waals surface area contributed by atoms with Gasteiger partial charge in [-0.3, -0.25) is 0 Å². The smallest absolute Gasteiger partial charge is 0.248 e. The van der Waals surface area contributed by atoms with E-state index in [0.717, 1.165) is 25.8 Å². The molecule has 0 spiro atoms. The van der Waals surface area contributed by atoms with Gasteiger partial charge >= 0.3 is 0 Å². The third-order valence-electron chi connectivity index (χ3n) is 4.85. The molecule has 1 N–H and O–H groups in total. The lowest BCUT2D eigenvalue weighted by molar-refractivity contribution is 0.215. The zero-order valence-corrected chi connectivity index (χ0v) is 13.1. The van der Waals surface area contributed by atoms with E-state index < -0.39 is 10.0 Å². The summed E-state index contributed by atoms with van der Waals surface area (Å²) < 4.78 is 33.5. The van der Waals surface area contributed by atoms with Crippen LogP contribution in [0.1, 0.15) is 19.3 Å². The molecule has 3 atom stereocenters. The van der Waals surface area contributed by atoms with Gasteiger partial charge in [-0.2, -0.15) is 4.31 Å². The number of hydrogen-bond donors (Lipinski definition) is 1. The minimum atomic E-state index is -3.54. The normalized spacial score (nSPS) is 32.4. The molecule has 3 aliphatic heterocycles. The molecule has 1 aromatic carbocycles. The Balaban J connectivity index is 1.88. The van der Waals surface area contributed by atoms with Gasteiger partial charge < -0.3 is 14.7 Å². The molecular weight excluding hydrogens is 304 g/mol. The number of hydrogen-bond acceptors (Lipinski definition) is 5. The van der Waals surface area contributed by atoms with Crippen LogP contribution in [-0.4, -0.2) is 56.2 Å². The monoisotopic (exact) mass is 324 g/mol. The van der Waals surface area contributed by atoms with Crippen molar-refractivity contribution >= 4 is 15.7 Å². The number of ether oxygens (including phenoxy) is 1. The molecule has 1 aromatic rings. The van der Waals surface area contributed by atoms with Crippen molar-refractivity contribution in [3.63, 3.8) is 0 Å². The lowest BCUT2D eigenvalue weighted by Crippen LogP contribution is -2.35. The van der Waals surface area contributed by atoms with Crippen molar-refractivity contribution in [2.75, 3.05) is 31.1 Å². The van der Waals surface area contributed by atoms with Crippen LogP contribution < -0.4 is 9.64 Å². The van der Waals surface area contributed by atoms with E-state index in [2.05, 4.69) is 0 Å². The summed E-state index contributed by atoms with van der Waals surface area (Å²) in [4.78, 5) is 2.29. The van der Waals surface area contributed by atoms with E-state index in [0.29, 0.717) is 24.5 Å². The molecule has 0 aliphatic carbocycles. The summed E-state index contributed by atoms with van der Waals surface area (Å²) in [6.45, 7) is 1.75. The van der Waals surface area contributed by atoms with Crippen LogP contribution in [0.5, 0.6) is 5.75 Å². The van der Waals surface area contributed by atoms with Crippen LogP contribution >= 0.6 is 0 Å². The molecule has 3 heterocycles. The number of fused-ring (bicyclic) bond motifs is 3. The number of benzene rings is 1. The Kier molecular flexibility index (Phi) is 3.32. The van der Waals surface area contributed by atoms with Crippen molar-refractivity contribution in [3.8, 4) is 5.75 Å². The molecule has 22 heavy (non-hydrogen) atoms. The van der Waals surface area contributed by atoms with Gasteiger partial charge in [0.25, 0.3) is 0 Å². The minimum absolute atomic E-state index is 0.0165. The number of rotatable bonds is 2. The fraction of sp³-hybridized carbons (Fsp3) is 0.600. The van der Waals surface area contributed by atoms with Gasteiger partial charge in [0.1, 0.15) is 16.7 Å². The second kappa shape index (κ2) is 5.11. The first kappa shape index (κ1) is 14.3. The molecule has 0 saturated carbocycles. The molecule has 3 aliphatic rings. The summed E-state index contributed by atoms with van der Waals surface area (Å²) in [5.41, 5.74) is 0.668. The highest BCUT2D eigenvalue weighted by molar-refractivity contribution is 7.89. The number of anilines is 1. The Labute approximate surface area is 130 Å². The third kappa shape index (κ3) is 2.03. The standard InChI is InChI=1S/C15H20N2O4S/c18-10-11-3-2-7-17(11)13-4-1-5-14-15(13)22(19,20)16-8-6-12(9-16)21-14/h1,4-5,11-12,18H,2-3,6-10H2/t11-,12+/m1/s1. The maximum Gasteiger partial charge on any atom is 0.248 e. The quantitative estimate of drug-likeness (QED) is 0.871. The number of sulfonamides is 1. The highest BCUT2D eigenvalue weighted by Crippen LogP contribution is 2.42. The second-order valence-corrected chi connectivity index (χ2v) is 8.04. The Hall–Kier alpha value is -1.31. The van der Waals surface area contributed by atoms with Crippen molar-refractivity contribution in [3.05, 3.63) is 18.2 Å².